The SMILES string of the molecule is CCOC(=O)c1ccccc1-n1ncc2ccccc21. The van der Waals surface area contributed by atoms with E-state index in [1.54, 1.807) is 23.9 Å². The Labute approximate surface area is 116 Å². The Morgan fingerprint density at radius 1 is 1.15 bits per heavy atom. The molecule has 2 aromatic carbocycles. The average Bonchev–Trinajstić information content (AvgIpc) is 2.91. The van der Waals surface area contributed by atoms with Gasteiger partial charge in [-0.15, -0.1) is 0 Å². The molecule has 0 aliphatic rings. The first-order valence-corrected chi connectivity index (χ1v) is 6.50. The maximum absolute atomic E-state index is 12.0. The smallest absolute Gasteiger partial charge is 0.340 e. The van der Waals surface area contributed by atoms with Crippen molar-refractivity contribution < 1.29 is 9.53 Å². The highest BCUT2D eigenvalue weighted by Crippen LogP contribution is 2.21. The molecule has 0 amide bonds. The van der Waals surface area contributed by atoms with Gasteiger partial charge in [-0.2, -0.15) is 5.10 Å². The fourth-order valence-electron chi connectivity index (χ4n) is 2.20. The van der Waals surface area contributed by atoms with Gasteiger partial charge in [0.1, 0.15) is 0 Å². The molecule has 0 radical (unpaired) electrons. The number of para-hydroxylation sites is 2. The molecule has 0 fully saturated rings. The Bertz CT molecular complexity index is 762. The van der Waals surface area contributed by atoms with Crippen LogP contribution in [0, 0.1) is 0 Å². The van der Waals surface area contributed by atoms with Gasteiger partial charge in [-0.05, 0) is 25.1 Å². The first-order valence-electron chi connectivity index (χ1n) is 6.50. The van der Waals surface area contributed by atoms with E-state index in [-0.39, 0.29) is 5.97 Å². The van der Waals surface area contributed by atoms with Crippen LogP contribution in [0.3, 0.4) is 0 Å². The minimum atomic E-state index is -0.331. The molecule has 1 heterocycles. The van der Waals surface area contributed by atoms with Crippen molar-refractivity contribution in [2.75, 3.05) is 6.61 Å². The summed E-state index contributed by atoms with van der Waals surface area (Å²) in [6.45, 7) is 2.15. The molecule has 0 unspecified atom stereocenters. The van der Waals surface area contributed by atoms with Crippen LogP contribution >= 0.6 is 0 Å². The molecule has 100 valence electrons. The minimum absolute atomic E-state index is 0.331. The summed E-state index contributed by atoms with van der Waals surface area (Å²) in [6.07, 6.45) is 1.79. The highest BCUT2D eigenvalue weighted by Gasteiger charge is 2.15. The van der Waals surface area contributed by atoms with Crippen molar-refractivity contribution in [3.63, 3.8) is 0 Å². The van der Waals surface area contributed by atoms with E-state index in [1.807, 2.05) is 42.5 Å². The number of carbonyl (C=O) groups excluding carboxylic acids is 1. The van der Waals surface area contributed by atoms with E-state index in [9.17, 15) is 4.79 Å². The fourth-order valence-corrected chi connectivity index (χ4v) is 2.20. The van der Waals surface area contributed by atoms with E-state index in [0.717, 1.165) is 16.6 Å². The van der Waals surface area contributed by atoms with Crippen LogP contribution in [0.2, 0.25) is 0 Å². The van der Waals surface area contributed by atoms with Gasteiger partial charge < -0.3 is 4.74 Å². The lowest BCUT2D eigenvalue weighted by atomic mass is 10.1. The van der Waals surface area contributed by atoms with Crippen molar-refractivity contribution in [2.24, 2.45) is 0 Å². The summed E-state index contributed by atoms with van der Waals surface area (Å²) in [5, 5.41) is 5.41. The van der Waals surface area contributed by atoms with Gasteiger partial charge in [0.25, 0.3) is 0 Å². The second-order valence-corrected chi connectivity index (χ2v) is 4.35. The van der Waals surface area contributed by atoms with E-state index in [0.29, 0.717) is 12.2 Å². The molecule has 0 spiro atoms. The normalized spacial score (nSPS) is 10.7. The van der Waals surface area contributed by atoms with Crippen molar-refractivity contribution in [3.8, 4) is 5.69 Å². The van der Waals surface area contributed by atoms with Crippen LogP contribution < -0.4 is 0 Å². The third-order valence-electron chi connectivity index (χ3n) is 3.10. The highest BCUT2D eigenvalue weighted by atomic mass is 16.5. The Balaban J connectivity index is 2.17. The molecule has 1 aromatic heterocycles. The standard InChI is InChI=1S/C16H14N2O2/c1-2-20-16(19)13-8-4-6-10-15(13)18-14-9-5-3-7-12(14)11-17-18/h3-11H,2H2,1H3. The topological polar surface area (TPSA) is 44.1 Å². The molecule has 3 rings (SSSR count). The van der Waals surface area contributed by atoms with Crippen LogP contribution in [0.25, 0.3) is 16.6 Å². The molecule has 0 N–H and O–H groups in total. The van der Waals surface area contributed by atoms with Crippen LogP contribution in [-0.2, 0) is 4.74 Å². The Kier molecular flexibility index (Phi) is 3.21. The molecule has 0 saturated carbocycles. The molecule has 0 bridgehead atoms. The fraction of sp³-hybridized carbons (Fsp3) is 0.125. The molecule has 0 atom stereocenters. The van der Waals surface area contributed by atoms with Crippen LogP contribution in [0.15, 0.2) is 54.7 Å². The molecule has 0 aliphatic carbocycles. The Morgan fingerprint density at radius 3 is 2.75 bits per heavy atom. The van der Waals surface area contributed by atoms with Gasteiger partial charge in [0, 0.05) is 5.39 Å². The Morgan fingerprint density at radius 2 is 1.90 bits per heavy atom. The molecule has 0 saturated heterocycles. The first-order chi connectivity index (χ1) is 9.81. The van der Waals surface area contributed by atoms with E-state index in [4.69, 9.17) is 4.74 Å². The zero-order valence-corrected chi connectivity index (χ0v) is 11.1. The van der Waals surface area contributed by atoms with Crippen molar-refractivity contribution in [1.29, 1.82) is 0 Å². The molecule has 4 heteroatoms. The zero-order valence-electron chi connectivity index (χ0n) is 11.1. The summed E-state index contributed by atoms with van der Waals surface area (Å²) in [4.78, 5) is 12.0. The number of rotatable bonds is 3. The van der Waals surface area contributed by atoms with E-state index in [2.05, 4.69) is 5.10 Å². The van der Waals surface area contributed by atoms with Crippen molar-refractivity contribution in [1.82, 2.24) is 9.78 Å². The zero-order chi connectivity index (χ0) is 13.9. The number of hydrogen-bond acceptors (Lipinski definition) is 3. The summed E-state index contributed by atoms with van der Waals surface area (Å²) < 4.78 is 6.86. The second-order valence-electron chi connectivity index (χ2n) is 4.35. The van der Waals surface area contributed by atoms with Crippen molar-refractivity contribution in [2.45, 2.75) is 6.92 Å². The van der Waals surface area contributed by atoms with Gasteiger partial charge in [0.15, 0.2) is 0 Å². The molecule has 3 aromatic rings. The van der Waals surface area contributed by atoms with Gasteiger partial charge in [0.2, 0.25) is 0 Å². The number of hydrogen-bond donors (Lipinski definition) is 0. The van der Waals surface area contributed by atoms with Crippen LogP contribution in [0.5, 0.6) is 0 Å². The monoisotopic (exact) mass is 266 g/mol. The van der Waals surface area contributed by atoms with E-state index in [1.165, 1.54) is 0 Å². The maximum atomic E-state index is 12.0. The first kappa shape index (κ1) is 12.4. The van der Waals surface area contributed by atoms with Gasteiger partial charge in [-0.25, -0.2) is 9.48 Å². The third-order valence-corrected chi connectivity index (χ3v) is 3.10. The van der Waals surface area contributed by atoms with Crippen LogP contribution in [0.1, 0.15) is 17.3 Å². The number of benzene rings is 2. The predicted octanol–water partition coefficient (Wildman–Crippen LogP) is 3.20. The number of nitrogens with zero attached hydrogens (tertiary/aromatic N) is 2. The molecule has 20 heavy (non-hydrogen) atoms. The van der Waals surface area contributed by atoms with Crippen LogP contribution in [0.4, 0.5) is 0 Å². The molecular formula is C16H14N2O2. The number of aromatic nitrogens is 2. The number of fused-ring (bicyclic) bond motifs is 1. The lowest BCUT2D eigenvalue weighted by Crippen LogP contribution is -2.10. The molecule has 0 aliphatic heterocycles. The van der Waals surface area contributed by atoms with Crippen LogP contribution in [-0.4, -0.2) is 22.4 Å². The largest absolute Gasteiger partial charge is 0.462 e. The van der Waals surface area contributed by atoms with Gasteiger partial charge in [-0.1, -0.05) is 30.3 Å². The quantitative estimate of drug-likeness (QED) is 0.684. The molecule has 4 nitrogen and oxygen atoms in total. The van der Waals surface area contributed by atoms with Crippen molar-refractivity contribution in [3.05, 3.63) is 60.3 Å². The molecular weight excluding hydrogens is 252 g/mol. The van der Waals surface area contributed by atoms with Crippen molar-refractivity contribution >= 4 is 16.9 Å². The number of carbonyl (C=O) groups is 1. The number of ether oxygens (including phenoxy) is 1. The second kappa shape index (κ2) is 5.17. The predicted molar refractivity (Wildman–Crippen MR) is 77.0 cm³/mol. The van der Waals surface area contributed by atoms with Gasteiger partial charge in [-0.3, -0.25) is 0 Å². The maximum Gasteiger partial charge on any atom is 0.340 e. The summed E-state index contributed by atoms with van der Waals surface area (Å²) in [6, 6.07) is 15.2. The average molecular weight is 266 g/mol. The summed E-state index contributed by atoms with van der Waals surface area (Å²) in [5.41, 5.74) is 2.21. The summed E-state index contributed by atoms with van der Waals surface area (Å²) in [7, 11) is 0. The minimum Gasteiger partial charge on any atom is -0.462 e. The Hall–Kier alpha value is -2.62. The lowest BCUT2D eigenvalue weighted by molar-refractivity contribution is 0.0526. The van der Waals surface area contributed by atoms with Gasteiger partial charge in [0.05, 0.1) is 29.6 Å². The summed E-state index contributed by atoms with van der Waals surface area (Å²) >= 11 is 0. The van der Waals surface area contributed by atoms with Gasteiger partial charge >= 0.3 is 5.97 Å². The van der Waals surface area contributed by atoms with E-state index >= 15 is 0 Å². The van der Waals surface area contributed by atoms with E-state index < -0.39 is 0 Å². The summed E-state index contributed by atoms with van der Waals surface area (Å²) in [5.74, 6) is -0.331. The highest BCUT2D eigenvalue weighted by molar-refractivity contribution is 5.94. The lowest BCUT2D eigenvalue weighted by Gasteiger charge is -2.09. The number of esters is 1. The third kappa shape index (κ3) is 2.05.